The summed E-state index contributed by atoms with van der Waals surface area (Å²) in [6, 6.07) is 1.00. The molecule has 0 spiro atoms. The number of hydrogen-bond acceptors (Lipinski definition) is 4. The second kappa shape index (κ2) is 5.37. The van der Waals surface area contributed by atoms with Crippen molar-refractivity contribution < 1.29 is 14.4 Å². The number of aromatic nitrogens is 1. The highest BCUT2D eigenvalue weighted by molar-refractivity contribution is 5.94. The Labute approximate surface area is 124 Å². The molecule has 0 aromatic carbocycles. The average molecular weight is 291 g/mol. The van der Waals surface area contributed by atoms with E-state index in [4.69, 9.17) is 4.52 Å². The number of allylic oxidation sites excluding steroid dienone is 1. The molecule has 1 aromatic rings. The molecule has 1 aliphatic heterocycles. The van der Waals surface area contributed by atoms with Crippen LogP contribution in [0.4, 0.5) is 10.6 Å². The zero-order chi connectivity index (χ0) is 15.8. The summed E-state index contributed by atoms with van der Waals surface area (Å²) in [5, 5.41) is 14.3. The zero-order valence-corrected chi connectivity index (χ0v) is 12.6. The van der Waals surface area contributed by atoms with Crippen LogP contribution < -0.4 is 4.90 Å². The van der Waals surface area contributed by atoms with Crippen molar-refractivity contribution in [2.24, 2.45) is 0 Å². The fourth-order valence-electron chi connectivity index (χ4n) is 2.26. The number of urea groups is 1. The minimum absolute atomic E-state index is 0.302. The number of carbonyl (C=O) groups excluding carboxylic acids is 1. The van der Waals surface area contributed by atoms with Crippen molar-refractivity contribution in [1.82, 2.24) is 10.1 Å². The summed E-state index contributed by atoms with van der Waals surface area (Å²) >= 11 is 0. The van der Waals surface area contributed by atoms with Gasteiger partial charge in [-0.15, -0.1) is 13.2 Å². The first-order valence-electron chi connectivity index (χ1n) is 6.79. The fourth-order valence-corrected chi connectivity index (χ4v) is 2.26. The molecular weight excluding hydrogens is 270 g/mol. The first-order chi connectivity index (χ1) is 9.83. The minimum Gasteiger partial charge on any atom is -0.371 e. The molecule has 1 aromatic heterocycles. The van der Waals surface area contributed by atoms with Crippen molar-refractivity contribution in [3.05, 3.63) is 37.1 Å². The second-order valence-corrected chi connectivity index (χ2v) is 5.74. The van der Waals surface area contributed by atoms with Gasteiger partial charge in [0.25, 0.3) is 0 Å². The molecular formula is C15H21N3O3. The van der Waals surface area contributed by atoms with Crippen LogP contribution in [0, 0.1) is 0 Å². The number of hydrogen-bond donors (Lipinski definition) is 1. The lowest BCUT2D eigenvalue weighted by atomic mass is 9.91. The van der Waals surface area contributed by atoms with Crippen molar-refractivity contribution in [3.8, 4) is 0 Å². The summed E-state index contributed by atoms with van der Waals surface area (Å²) in [7, 11) is 1.65. The van der Waals surface area contributed by atoms with Crippen LogP contribution in [0.15, 0.2) is 35.9 Å². The molecule has 1 aliphatic rings. The quantitative estimate of drug-likeness (QED) is 0.845. The van der Waals surface area contributed by atoms with Gasteiger partial charge in [0.1, 0.15) is 5.76 Å². The number of nitrogens with zero attached hydrogens (tertiary/aromatic N) is 3. The van der Waals surface area contributed by atoms with Crippen LogP contribution in [0.25, 0.3) is 0 Å². The van der Waals surface area contributed by atoms with E-state index in [1.807, 2.05) is 13.8 Å². The molecule has 2 heterocycles. The van der Waals surface area contributed by atoms with E-state index in [0.29, 0.717) is 18.0 Å². The first-order valence-corrected chi connectivity index (χ1v) is 6.79. The molecule has 1 N–H and O–H groups in total. The van der Waals surface area contributed by atoms with Gasteiger partial charge in [0.2, 0.25) is 0 Å². The van der Waals surface area contributed by atoms with Crippen LogP contribution in [-0.2, 0) is 5.41 Å². The Bertz CT molecular complexity index is 564. The van der Waals surface area contributed by atoms with Crippen LogP contribution in [0.2, 0.25) is 0 Å². The van der Waals surface area contributed by atoms with Gasteiger partial charge in [-0.3, -0.25) is 0 Å². The average Bonchev–Trinajstić information content (AvgIpc) is 3.00. The topological polar surface area (TPSA) is 69.8 Å². The molecule has 2 rings (SSSR count). The van der Waals surface area contributed by atoms with E-state index in [2.05, 4.69) is 18.3 Å². The summed E-state index contributed by atoms with van der Waals surface area (Å²) in [6.07, 6.45) is 2.94. The Morgan fingerprint density at radius 2 is 2.19 bits per heavy atom. The molecule has 0 aliphatic carbocycles. The third-order valence-corrected chi connectivity index (χ3v) is 3.91. The van der Waals surface area contributed by atoms with E-state index in [1.165, 1.54) is 9.80 Å². The number of aliphatic hydroxyl groups excluding tert-OH is 1. The third kappa shape index (κ3) is 2.47. The highest BCUT2D eigenvalue weighted by Gasteiger charge is 2.44. The predicted octanol–water partition coefficient (Wildman–Crippen LogP) is 2.27. The third-order valence-electron chi connectivity index (χ3n) is 3.91. The Balaban J connectivity index is 2.32. The molecule has 0 radical (unpaired) electrons. The van der Waals surface area contributed by atoms with Crippen molar-refractivity contribution in [2.75, 3.05) is 11.9 Å². The number of amides is 2. The molecule has 1 fully saturated rings. The van der Waals surface area contributed by atoms with Gasteiger partial charge in [0, 0.05) is 18.5 Å². The Kier molecular flexibility index (Phi) is 3.91. The number of aliphatic hydroxyl groups is 1. The fraction of sp³-hybridized carbons (Fsp3) is 0.467. The van der Waals surface area contributed by atoms with E-state index in [9.17, 15) is 9.90 Å². The van der Waals surface area contributed by atoms with Crippen LogP contribution in [0.1, 0.15) is 26.0 Å². The standard InChI is InChI=1S/C15H21N3O3/c1-6-8-10-13(19)18(14(20)17(10)5)12-9-11(21-16-12)15(3,4)7-2/h6-7,9-10,13,19H,1-2,8H2,3-5H3. The molecule has 114 valence electrons. The number of carbonyl (C=O) groups is 1. The lowest BCUT2D eigenvalue weighted by Crippen LogP contribution is -2.36. The highest BCUT2D eigenvalue weighted by Crippen LogP contribution is 2.32. The van der Waals surface area contributed by atoms with Gasteiger partial charge < -0.3 is 14.5 Å². The van der Waals surface area contributed by atoms with E-state index >= 15 is 0 Å². The van der Waals surface area contributed by atoms with Crippen molar-refractivity contribution >= 4 is 11.8 Å². The van der Waals surface area contributed by atoms with E-state index in [-0.39, 0.29) is 12.1 Å². The van der Waals surface area contributed by atoms with E-state index in [0.717, 1.165) is 0 Å². The predicted molar refractivity (Wildman–Crippen MR) is 80.0 cm³/mol. The van der Waals surface area contributed by atoms with Gasteiger partial charge in [-0.25, -0.2) is 9.69 Å². The largest absolute Gasteiger partial charge is 0.371 e. The van der Waals surface area contributed by atoms with Crippen molar-refractivity contribution in [3.63, 3.8) is 0 Å². The lowest BCUT2D eigenvalue weighted by molar-refractivity contribution is 0.129. The summed E-state index contributed by atoms with van der Waals surface area (Å²) < 4.78 is 5.29. The lowest BCUT2D eigenvalue weighted by Gasteiger charge is -2.19. The minimum atomic E-state index is -0.981. The molecule has 0 saturated carbocycles. The Hall–Kier alpha value is -2.08. The Morgan fingerprint density at radius 3 is 2.76 bits per heavy atom. The molecule has 0 bridgehead atoms. The maximum Gasteiger partial charge on any atom is 0.328 e. The normalized spacial score (nSPS) is 22.8. The maximum atomic E-state index is 12.3. The highest BCUT2D eigenvalue weighted by atomic mass is 16.5. The number of rotatable bonds is 5. The molecule has 6 nitrogen and oxygen atoms in total. The van der Waals surface area contributed by atoms with Crippen molar-refractivity contribution in [1.29, 1.82) is 0 Å². The van der Waals surface area contributed by atoms with Crippen LogP contribution in [0.5, 0.6) is 0 Å². The van der Waals surface area contributed by atoms with Crippen LogP contribution >= 0.6 is 0 Å². The van der Waals surface area contributed by atoms with Gasteiger partial charge in [-0.05, 0) is 20.3 Å². The molecule has 6 heteroatoms. The van der Waals surface area contributed by atoms with E-state index < -0.39 is 11.6 Å². The first kappa shape index (κ1) is 15.3. The summed E-state index contributed by atoms with van der Waals surface area (Å²) in [6.45, 7) is 11.3. The van der Waals surface area contributed by atoms with Gasteiger partial charge in [-0.2, -0.15) is 0 Å². The molecule has 2 amide bonds. The summed E-state index contributed by atoms with van der Waals surface area (Å²) in [5.41, 5.74) is -0.397. The Morgan fingerprint density at radius 1 is 1.52 bits per heavy atom. The SMILES string of the molecule is C=CCC1C(O)N(c2cc(C(C)(C)C=C)on2)C(=O)N1C. The van der Waals surface area contributed by atoms with Crippen LogP contribution in [-0.4, -0.2) is 40.5 Å². The smallest absolute Gasteiger partial charge is 0.328 e. The second-order valence-electron chi connectivity index (χ2n) is 5.74. The molecule has 2 atom stereocenters. The van der Waals surface area contributed by atoms with Gasteiger partial charge in [0.15, 0.2) is 12.0 Å². The van der Waals surface area contributed by atoms with Crippen LogP contribution in [0.3, 0.4) is 0 Å². The summed E-state index contributed by atoms with van der Waals surface area (Å²) in [5.74, 6) is 0.887. The van der Waals surface area contributed by atoms with E-state index in [1.54, 1.807) is 25.3 Å². The molecule has 2 unspecified atom stereocenters. The molecule has 21 heavy (non-hydrogen) atoms. The van der Waals surface area contributed by atoms with Gasteiger partial charge in [-0.1, -0.05) is 17.3 Å². The van der Waals surface area contributed by atoms with Gasteiger partial charge >= 0.3 is 6.03 Å². The zero-order valence-electron chi connectivity index (χ0n) is 12.6. The molecule has 1 saturated heterocycles. The van der Waals surface area contributed by atoms with Gasteiger partial charge in [0.05, 0.1) is 6.04 Å². The van der Waals surface area contributed by atoms with Crippen molar-refractivity contribution in [2.45, 2.75) is 38.0 Å². The number of anilines is 1. The summed E-state index contributed by atoms with van der Waals surface area (Å²) in [4.78, 5) is 15.0. The maximum absolute atomic E-state index is 12.3. The monoisotopic (exact) mass is 291 g/mol. The number of likely N-dealkylation sites (N-methyl/N-ethyl adjacent to an activating group) is 1.